The van der Waals surface area contributed by atoms with E-state index in [1.54, 1.807) is 0 Å². The normalized spacial score (nSPS) is 19.2. The number of benzene rings is 1. The zero-order valence-electron chi connectivity index (χ0n) is 12.1. The number of nitrogens with one attached hydrogen (secondary N) is 1. The summed E-state index contributed by atoms with van der Waals surface area (Å²) in [5, 5.41) is 0. The fraction of sp³-hybridized carbons (Fsp3) is 0.353. The van der Waals surface area contributed by atoms with Gasteiger partial charge in [0.2, 0.25) is 0 Å². The number of aryl methyl sites for hydroxylation is 1. The fourth-order valence-corrected chi connectivity index (χ4v) is 2.86. The zero-order chi connectivity index (χ0) is 14.2. The molecule has 21 heavy (non-hydrogen) atoms. The van der Waals surface area contributed by atoms with E-state index in [9.17, 15) is 0 Å². The van der Waals surface area contributed by atoms with E-state index in [4.69, 9.17) is 9.15 Å². The largest absolute Gasteiger partial charge is 0.455 e. The number of imidazole rings is 1. The van der Waals surface area contributed by atoms with Crippen molar-refractivity contribution in [3.63, 3.8) is 0 Å². The maximum atomic E-state index is 5.95. The molecule has 1 aromatic carbocycles. The SMILES string of the molecule is Cc1ccc2nc(-c3ccc([C@@H]4CCCCO4)o3)[nH]c2c1. The van der Waals surface area contributed by atoms with Crippen LogP contribution in [0.4, 0.5) is 0 Å². The van der Waals surface area contributed by atoms with Crippen molar-refractivity contribution in [3.8, 4) is 11.6 Å². The average molecular weight is 282 g/mol. The Morgan fingerprint density at radius 1 is 1.19 bits per heavy atom. The van der Waals surface area contributed by atoms with Gasteiger partial charge in [0, 0.05) is 6.61 Å². The molecule has 3 heterocycles. The van der Waals surface area contributed by atoms with E-state index in [1.165, 1.54) is 12.0 Å². The Hall–Kier alpha value is -2.07. The second-order valence-electron chi connectivity index (χ2n) is 5.66. The van der Waals surface area contributed by atoms with Gasteiger partial charge in [-0.15, -0.1) is 0 Å². The molecule has 1 N–H and O–H groups in total. The predicted molar refractivity (Wildman–Crippen MR) is 81.1 cm³/mol. The first-order chi connectivity index (χ1) is 10.3. The van der Waals surface area contributed by atoms with Gasteiger partial charge in [0.15, 0.2) is 11.6 Å². The first kappa shape index (κ1) is 12.7. The molecule has 1 fully saturated rings. The number of H-pyrrole nitrogens is 1. The third-order valence-electron chi connectivity index (χ3n) is 3.99. The highest BCUT2D eigenvalue weighted by Crippen LogP contribution is 2.32. The van der Waals surface area contributed by atoms with E-state index in [0.29, 0.717) is 0 Å². The zero-order valence-corrected chi connectivity index (χ0v) is 12.1. The number of hydrogen-bond acceptors (Lipinski definition) is 3. The van der Waals surface area contributed by atoms with Crippen molar-refractivity contribution in [1.82, 2.24) is 9.97 Å². The van der Waals surface area contributed by atoms with Crippen LogP contribution in [-0.4, -0.2) is 16.6 Å². The number of hydrogen-bond donors (Lipinski definition) is 1. The van der Waals surface area contributed by atoms with Crippen LogP contribution in [0.15, 0.2) is 34.7 Å². The van der Waals surface area contributed by atoms with E-state index >= 15 is 0 Å². The highest BCUT2D eigenvalue weighted by atomic mass is 16.5. The maximum Gasteiger partial charge on any atom is 0.174 e. The van der Waals surface area contributed by atoms with Crippen molar-refractivity contribution in [3.05, 3.63) is 41.7 Å². The molecular weight excluding hydrogens is 264 g/mol. The molecule has 1 aliphatic rings. The number of rotatable bonds is 2. The minimum atomic E-state index is 0.0964. The molecule has 1 aliphatic heterocycles. The van der Waals surface area contributed by atoms with Crippen LogP contribution >= 0.6 is 0 Å². The summed E-state index contributed by atoms with van der Waals surface area (Å²) < 4.78 is 11.7. The van der Waals surface area contributed by atoms with Gasteiger partial charge in [0.1, 0.15) is 11.9 Å². The summed E-state index contributed by atoms with van der Waals surface area (Å²) in [7, 11) is 0. The van der Waals surface area contributed by atoms with Gasteiger partial charge in [-0.05, 0) is 56.0 Å². The average Bonchev–Trinajstić information content (AvgIpc) is 3.14. The predicted octanol–water partition coefficient (Wildman–Crippen LogP) is 4.37. The minimum Gasteiger partial charge on any atom is -0.455 e. The first-order valence-electron chi connectivity index (χ1n) is 7.48. The third kappa shape index (κ3) is 2.36. The Balaban J connectivity index is 1.67. The van der Waals surface area contributed by atoms with Crippen molar-refractivity contribution in [2.75, 3.05) is 6.61 Å². The molecule has 0 unspecified atom stereocenters. The molecule has 0 saturated carbocycles. The number of fused-ring (bicyclic) bond motifs is 1. The Labute approximate surface area is 123 Å². The van der Waals surface area contributed by atoms with Crippen LogP contribution in [0.2, 0.25) is 0 Å². The van der Waals surface area contributed by atoms with Crippen LogP contribution in [0.1, 0.15) is 36.7 Å². The molecule has 0 bridgehead atoms. The molecule has 4 rings (SSSR count). The topological polar surface area (TPSA) is 51.1 Å². The lowest BCUT2D eigenvalue weighted by Crippen LogP contribution is -2.10. The number of aromatic amines is 1. The van der Waals surface area contributed by atoms with Gasteiger partial charge in [-0.2, -0.15) is 0 Å². The highest BCUT2D eigenvalue weighted by molar-refractivity contribution is 5.79. The van der Waals surface area contributed by atoms with Gasteiger partial charge in [-0.25, -0.2) is 4.98 Å². The molecule has 0 spiro atoms. The summed E-state index contributed by atoms with van der Waals surface area (Å²) in [6, 6.07) is 10.2. The summed E-state index contributed by atoms with van der Waals surface area (Å²) in [5.41, 5.74) is 3.22. The monoisotopic (exact) mass is 282 g/mol. The van der Waals surface area contributed by atoms with E-state index in [-0.39, 0.29) is 6.10 Å². The Kier molecular flexibility index (Phi) is 3.04. The quantitative estimate of drug-likeness (QED) is 0.759. The lowest BCUT2D eigenvalue weighted by atomic mass is 10.1. The number of aromatic nitrogens is 2. The Morgan fingerprint density at radius 3 is 3.00 bits per heavy atom. The lowest BCUT2D eigenvalue weighted by molar-refractivity contribution is 0.00219. The number of nitrogens with zero attached hydrogens (tertiary/aromatic N) is 1. The van der Waals surface area contributed by atoms with Gasteiger partial charge < -0.3 is 14.1 Å². The van der Waals surface area contributed by atoms with Crippen LogP contribution in [-0.2, 0) is 4.74 Å². The third-order valence-corrected chi connectivity index (χ3v) is 3.99. The molecule has 0 aliphatic carbocycles. The van der Waals surface area contributed by atoms with Gasteiger partial charge in [0.25, 0.3) is 0 Å². The summed E-state index contributed by atoms with van der Waals surface area (Å²) >= 11 is 0. The summed E-state index contributed by atoms with van der Waals surface area (Å²) in [6.07, 6.45) is 3.48. The molecule has 4 heteroatoms. The van der Waals surface area contributed by atoms with Crippen LogP contribution in [0.3, 0.4) is 0 Å². The summed E-state index contributed by atoms with van der Waals surface area (Å²) in [5.74, 6) is 2.45. The Morgan fingerprint density at radius 2 is 2.14 bits per heavy atom. The van der Waals surface area contributed by atoms with E-state index < -0.39 is 0 Å². The minimum absolute atomic E-state index is 0.0964. The second kappa shape index (κ2) is 5.04. The van der Waals surface area contributed by atoms with Crippen LogP contribution in [0, 0.1) is 6.92 Å². The molecule has 3 aromatic rings. The van der Waals surface area contributed by atoms with Gasteiger partial charge >= 0.3 is 0 Å². The number of ether oxygens (including phenoxy) is 1. The molecule has 0 radical (unpaired) electrons. The molecular formula is C17H18N2O2. The number of furan rings is 1. The van der Waals surface area contributed by atoms with Crippen molar-refractivity contribution >= 4 is 11.0 Å². The molecule has 1 saturated heterocycles. The standard InChI is InChI=1S/C17H18N2O2/c1-11-5-6-12-13(10-11)19-17(18-12)16-8-7-15(21-16)14-4-2-3-9-20-14/h5-8,10,14H,2-4,9H2,1H3,(H,18,19)/t14-/m0/s1. The van der Waals surface area contributed by atoms with Crippen LogP contribution in [0.5, 0.6) is 0 Å². The second-order valence-corrected chi connectivity index (χ2v) is 5.66. The Bertz CT molecular complexity index is 766. The molecule has 4 nitrogen and oxygen atoms in total. The highest BCUT2D eigenvalue weighted by Gasteiger charge is 2.20. The van der Waals surface area contributed by atoms with E-state index in [2.05, 4.69) is 29.0 Å². The van der Waals surface area contributed by atoms with Gasteiger partial charge in [-0.3, -0.25) is 0 Å². The van der Waals surface area contributed by atoms with Gasteiger partial charge in [-0.1, -0.05) is 6.07 Å². The van der Waals surface area contributed by atoms with Crippen molar-refractivity contribution in [2.45, 2.75) is 32.3 Å². The smallest absolute Gasteiger partial charge is 0.174 e. The van der Waals surface area contributed by atoms with E-state index in [1.807, 2.05) is 18.2 Å². The van der Waals surface area contributed by atoms with Crippen molar-refractivity contribution in [1.29, 1.82) is 0 Å². The van der Waals surface area contributed by atoms with Crippen LogP contribution < -0.4 is 0 Å². The lowest BCUT2D eigenvalue weighted by Gasteiger charge is -2.20. The molecule has 1 atom stereocenters. The summed E-state index contributed by atoms with van der Waals surface area (Å²) in [6.45, 7) is 2.90. The van der Waals surface area contributed by atoms with Crippen molar-refractivity contribution in [2.24, 2.45) is 0 Å². The summed E-state index contributed by atoms with van der Waals surface area (Å²) in [4.78, 5) is 7.92. The van der Waals surface area contributed by atoms with E-state index in [0.717, 1.165) is 47.8 Å². The maximum absolute atomic E-state index is 5.95. The molecule has 2 aromatic heterocycles. The fourth-order valence-electron chi connectivity index (χ4n) is 2.86. The molecule has 108 valence electrons. The first-order valence-corrected chi connectivity index (χ1v) is 7.48. The van der Waals surface area contributed by atoms with Crippen molar-refractivity contribution < 1.29 is 9.15 Å². The van der Waals surface area contributed by atoms with Crippen LogP contribution in [0.25, 0.3) is 22.6 Å². The molecule has 0 amide bonds. The van der Waals surface area contributed by atoms with Gasteiger partial charge in [0.05, 0.1) is 11.0 Å².